The lowest BCUT2D eigenvalue weighted by Crippen LogP contribution is -2.34. The van der Waals surface area contributed by atoms with Crippen LogP contribution < -0.4 is 16.2 Å². The Morgan fingerprint density at radius 3 is 2.67 bits per heavy atom. The Balaban J connectivity index is 1.64. The van der Waals surface area contributed by atoms with Gasteiger partial charge >= 0.3 is 6.18 Å². The van der Waals surface area contributed by atoms with Crippen molar-refractivity contribution < 1.29 is 22.8 Å². The Morgan fingerprint density at radius 1 is 1.15 bits per heavy atom. The van der Waals surface area contributed by atoms with Gasteiger partial charge in [0.05, 0.1) is 21.5 Å². The molecule has 4 rings (SSSR count). The number of aryl methyl sites for hydroxylation is 2. The maximum Gasteiger partial charge on any atom is 0.405 e. The van der Waals surface area contributed by atoms with Gasteiger partial charge in [0.15, 0.2) is 0 Å². The molecule has 2 aromatic heterocycles. The van der Waals surface area contributed by atoms with Crippen LogP contribution in [0.4, 0.5) is 18.9 Å². The summed E-state index contributed by atoms with van der Waals surface area (Å²) in [5.74, 6) is -0.809. The molecule has 1 aliphatic rings. The van der Waals surface area contributed by atoms with Gasteiger partial charge in [0.1, 0.15) is 17.2 Å². The number of hydrogen-bond acceptors (Lipinski definition) is 5. The highest BCUT2D eigenvalue weighted by Crippen LogP contribution is 2.29. The molecular weight excluding hydrogens is 457 g/mol. The second-order valence-corrected chi connectivity index (χ2v) is 8.83. The molecule has 0 bridgehead atoms. The molecule has 0 spiro atoms. The molecule has 3 aromatic rings. The number of carbonyl (C=O) groups is 2. The van der Waals surface area contributed by atoms with E-state index >= 15 is 0 Å². The number of aromatic nitrogens is 2. The predicted molar refractivity (Wildman–Crippen MR) is 119 cm³/mol. The van der Waals surface area contributed by atoms with Gasteiger partial charge in [0, 0.05) is 13.0 Å². The molecule has 1 aromatic carbocycles. The first-order chi connectivity index (χ1) is 15.7. The number of anilines is 1. The second-order valence-electron chi connectivity index (χ2n) is 7.83. The molecule has 0 radical (unpaired) electrons. The zero-order chi connectivity index (χ0) is 23.8. The van der Waals surface area contributed by atoms with Gasteiger partial charge in [-0.05, 0) is 37.5 Å². The normalized spacial score (nSPS) is 13.9. The summed E-state index contributed by atoms with van der Waals surface area (Å²) in [6.07, 6.45) is -0.989. The Labute approximate surface area is 190 Å². The standard InChI is InChI=1S/C22H21F3N4O3S/c1-12-16-20(28-15-9-3-2-6-10-29(15)21(16)32)33-17(12)19(31)27-14-8-5-4-7-13(14)18(30)26-11-22(23,24)25/h4-5,7-8H,2-3,6,9-11H2,1H3,(H,26,30)(H,27,31). The lowest BCUT2D eigenvalue weighted by molar-refractivity contribution is -0.123. The van der Waals surface area contributed by atoms with Crippen molar-refractivity contribution in [1.82, 2.24) is 14.9 Å². The van der Waals surface area contributed by atoms with Crippen molar-refractivity contribution in [3.63, 3.8) is 0 Å². The van der Waals surface area contributed by atoms with Gasteiger partial charge < -0.3 is 10.6 Å². The third-order valence-electron chi connectivity index (χ3n) is 5.49. The second kappa shape index (κ2) is 8.97. The maximum absolute atomic E-state index is 13.1. The van der Waals surface area contributed by atoms with Crippen LogP contribution in [0.15, 0.2) is 29.1 Å². The van der Waals surface area contributed by atoms with Gasteiger partial charge in [-0.2, -0.15) is 13.2 Å². The lowest BCUT2D eigenvalue weighted by atomic mass is 10.1. The predicted octanol–water partition coefficient (Wildman–Crippen LogP) is 4.04. The first-order valence-corrected chi connectivity index (χ1v) is 11.3. The summed E-state index contributed by atoms with van der Waals surface area (Å²) in [6.45, 7) is 0.778. The maximum atomic E-state index is 13.1. The summed E-state index contributed by atoms with van der Waals surface area (Å²) >= 11 is 1.09. The fraction of sp³-hybridized carbons (Fsp3) is 0.364. The fourth-order valence-electron chi connectivity index (χ4n) is 3.87. The summed E-state index contributed by atoms with van der Waals surface area (Å²) in [5.41, 5.74) is 0.290. The van der Waals surface area contributed by atoms with Crippen molar-refractivity contribution in [3.05, 3.63) is 56.4 Å². The Kier molecular flexibility index (Phi) is 6.24. The molecule has 174 valence electrons. The Morgan fingerprint density at radius 2 is 1.91 bits per heavy atom. The van der Waals surface area contributed by atoms with E-state index in [1.54, 1.807) is 22.9 Å². The number of halogens is 3. The first kappa shape index (κ1) is 23.0. The zero-order valence-corrected chi connectivity index (χ0v) is 18.5. The molecule has 0 aliphatic carbocycles. The number of carbonyl (C=O) groups excluding carboxylic acids is 2. The van der Waals surface area contributed by atoms with E-state index in [9.17, 15) is 27.6 Å². The van der Waals surface area contributed by atoms with Gasteiger partial charge in [-0.3, -0.25) is 19.0 Å². The minimum atomic E-state index is -4.55. The molecule has 3 heterocycles. The van der Waals surface area contributed by atoms with Crippen molar-refractivity contribution in [1.29, 1.82) is 0 Å². The molecule has 0 fully saturated rings. The van der Waals surface area contributed by atoms with E-state index in [1.807, 2.05) is 0 Å². The molecular formula is C22H21F3N4O3S. The molecule has 0 saturated carbocycles. The number of rotatable bonds is 4. The van der Waals surface area contributed by atoms with Crippen molar-refractivity contribution in [2.75, 3.05) is 11.9 Å². The largest absolute Gasteiger partial charge is 0.405 e. The molecule has 2 amide bonds. The van der Waals surface area contributed by atoms with Crippen LogP contribution in [0.1, 0.15) is 50.7 Å². The molecule has 11 heteroatoms. The number of hydrogen-bond donors (Lipinski definition) is 2. The van der Waals surface area contributed by atoms with E-state index in [-0.39, 0.29) is 21.7 Å². The van der Waals surface area contributed by atoms with E-state index < -0.39 is 24.5 Å². The Bertz CT molecular complexity index is 1300. The van der Waals surface area contributed by atoms with Gasteiger partial charge in [-0.15, -0.1) is 11.3 Å². The SMILES string of the molecule is Cc1c(C(=O)Nc2ccccc2C(=O)NCC(F)(F)F)sc2nc3n(c(=O)c12)CCCCC3. The molecule has 0 saturated heterocycles. The number of nitrogens with zero attached hydrogens (tertiary/aromatic N) is 2. The number of nitrogens with one attached hydrogen (secondary N) is 2. The van der Waals surface area contributed by atoms with Crippen LogP contribution in [-0.4, -0.2) is 34.1 Å². The fourth-order valence-corrected chi connectivity index (χ4v) is 4.96. The van der Waals surface area contributed by atoms with E-state index in [0.717, 1.165) is 30.6 Å². The number of thiophene rings is 1. The minimum absolute atomic E-state index is 0.0690. The van der Waals surface area contributed by atoms with E-state index in [0.29, 0.717) is 34.6 Å². The molecule has 0 unspecified atom stereocenters. The first-order valence-electron chi connectivity index (χ1n) is 10.4. The summed E-state index contributed by atoms with van der Waals surface area (Å²) in [7, 11) is 0. The number of fused-ring (bicyclic) bond motifs is 2. The third-order valence-corrected chi connectivity index (χ3v) is 6.67. The van der Waals surface area contributed by atoms with Crippen LogP contribution in [0.5, 0.6) is 0 Å². The van der Waals surface area contributed by atoms with Gasteiger partial charge in [0.25, 0.3) is 17.4 Å². The minimum Gasteiger partial charge on any atom is -0.343 e. The quantitative estimate of drug-likeness (QED) is 0.592. The highest BCUT2D eigenvalue weighted by atomic mass is 32.1. The molecule has 33 heavy (non-hydrogen) atoms. The highest BCUT2D eigenvalue weighted by molar-refractivity contribution is 7.20. The van der Waals surface area contributed by atoms with Crippen LogP contribution in [0.2, 0.25) is 0 Å². The topological polar surface area (TPSA) is 93.1 Å². The number of benzene rings is 1. The van der Waals surface area contributed by atoms with Crippen LogP contribution in [0, 0.1) is 6.92 Å². The van der Waals surface area contributed by atoms with Crippen LogP contribution in [-0.2, 0) is 13.0 Å². The van der Waals surface area contributed by atoms with E-state index in [1.165, 1.54) is 18.2 Å². The monoisotopic (exact) mass is 478 g/mol. The van der Waals surface area contributed by atoms with Crippen LogP contribution >= 0.6 is 11.3 Å². The smallest absolute Gasteiger partial charge is 0.343 e. The Hall–Kier alpha value is -3.21. The van der Waals surface area contributed by atoms with Gasteiger partial charge in [-0.1, -0.05) is 18.6 Å². The summed E-state index contributed by atoms with van der Waals surface area (Å²) in [4.78, 5) is 43.7. The molecule has 1 aliphatic heterocycles. The van der Waals surface area contributed by atoms with E-state index in [4.69, 9.17) is 0 Å². The molecule has 0 atom stereocenters. The van der Waals surface area contributed by atoms with Crippen molar-refractivity contribution >= 4 is 39.1 Å². The number of para-hydroxylation sites is 1. The van der Waals surface area contributed by atoms with Crippen molar-refractivity contribution in [2.24, 2.45) is 0 Å². The molecule has 7 nitrogen and oxygen atoms in total. The van der Waals surface area contributed by atoms with Crippen molar-refractivity contribution in [3.8, 4) is 0 Å². The lowest BCUT2D eigenvalue weighted by Gasteiger charge is -2.12. The average Bonchev–Trinajstić information content (AvgIpc) is 2.93. The van der Waals surface area contributed by atoms with Gasteiger partial charge in [0.2, 0.25) is 0 Å². The zero-order valence-electron chi connectivity index (χ0n) is 17.7. The van der Waals surface area contributed by atoms with Crippen LogP contribution in [0.25, 0.3) is 10.2 Å². The summed E-state index contributed by atoms with van der Waals surface area (Å²) < 4.78 is 39.1. The van der Waals surface area contributed by atoms with Crippen molar-refractivity contribution in [2.45, 2.75) is 45.3 Å². The van der Waals surface area contributed by atoms with E-state index in [2.05, 4.69) is 10.3 Å². The highest BCUT2D eigenvalue weighted by Gasteiger charge is 2.29. The van der Waals surface area contributed by atoms with Crippen LogP contribution in [0.3, 0.4) is 0 Å². The summed E-state index contributed by atoms with van der Waals surface area (Å²) in [6, 6.07) is 5.79. The number of amides is 2. The number of alkyl halides is 3. The summed E-state index contributed by atoms with van der Waals surface area (Å²) in [5, 5.41) is 4.80. The molecule has 2 N–H and O–H groups in total. The average molecular weight is 478 g/mol. The van der Waals surface area contributed by atoms with Gasteiger partial charge in [-0.25, -0.2) is 4.98 Å². The third kappa shape index (κ3) is 4.77.